The number of allylic oxidation sites excluding steroid dienone is 1. The number of carbonyl (C=O) groups is 2. The van der Waals surface area contributed by atoms with Crippen LogP contribution in [0.5, 0.6) is 0 Å². The fraction of sp³-hybridized carbons (Fsp3) is 0.522. The van der Waals surface area contributed by atoms with Crippen molar-refractivity contribution >= 4 is 19.1 Å². The molecule has 8 nitrogen and oxygen atoms in total. The largest absolute Gasteiger partial charge is 0.475 e. The second kappa shape index (κ2) is 11.2. The second-order valence-electron chi connectivity index (χ2n) is 9.39. The molecule has 0 aliphatic carbocycles. The number of amides is 2. The highest BCUT2D eigenvalue weighted by Gasteiger charge is 2.31. The molecule has 9 heteroatoms. The predicted octanol–water partition coefficient (Wildman–Crippen LogP) is 1.99. The number of nitrogens with one attached hydrogen (secondary N) is 1. The van der Waals surface area contributed by atoms with Crippen LogP contribution in [0, 0.1) is 29.6 Å². The van der Waals surface area contributed by atoms with Crippen molar-refractivity contribution in [2.75, 3.05) is 19.7 Å². The molecule has 0 aromatic heterocycles. The van der Waals surface area contributed by atoms with E-state index in [1.54, 1.807) is 11.0 Å². The lowest BCUT2D eigenvalue weighted by Gasteiger charge is -2.20. The molecule has 2 rings (SSSR count). The van der Waals surface area contributed by atoms with Crippen LogP contribution < -0.4 is 5.32 Å². The second-order valence-corrected chi connectivity index (χ2v) is 9.39. The minimum Gasteiger partial charge on any atom is -0.449 e. The van der Waals surface area contributed by atoms with Crippen LogP contribution in [0.15, 0.2) is 35.9 Å². The average Bonchev–Trinajstić information content (AvgIpc) is 3.19. The number of aryl methyl sites for hydroxylation is 1. The van der Waals surface area contributed by atoms with Crippen molar-refractivity contribution in [3.63, 3.8) is 0 Å². The summed E-state index contributed by atoms with van der Waals surface area (Å²) >= 11 is 0. The predicted molar refractivity (Wildman–Crippen MR) is 121 cm³/mol. The van der Waals surface area contributed by atoms with Crippen LogP contribution in [0.3, 0.4) is 0 Å². The summed E-state index contributed by atoms with van der Waals surface area (Å²) in [6, 6.07) is 9.54. The van der Waals surface area contributed by atoms with Crippen LogP contribution in [0.25, 0.3) is 0 Å². The monoisotopic (exact) mass is 441 g/mol. The molecule has 32 heavy (non-hydrogen) atoms. The Hall–Kier alpha value is -2.83. The van der Waals surface area contributed by atoms with Crippen LogP contribution >= 0.6 is 0 Å². The van der Waals surface area contributed by atoms with Gasteiger partial charge in [-0.3, -0.25) is 4.79 Å². The lowest BCUT2D eigenvalue weighted by Crippen LogP contribution is -2.48. The van der Waals surface area contributed by atoms with Crippen LogP contribution in [-0.2, 0) is 16.0 Å². The number of hydrogen-bond donors (Lipinski definition) is 3. The Morgan fingerprint density at radius 3 is 2.56 bits per heavy atom. The van der Waals surface area contributed by atoms with Gasteiger partial charge in [0.05, 0.1) is 12.5 Å². The van der Waals surface area contributed by atoms with Gasteiger partial charge in [0.2, 0.25) is 0 Å². The van der Waals surface area contributed by atoms with Gasteiger partial charge in [0.1, 0.15) is 11.6 Å². The van der Waals surface area contributed by atoms with E-state index < -0.39 is 19.2 Å². The highest BCUT2D eigenvalue weighted by molar-refractivity contribution is 6.43. The molecule has 1 heterocycles. The maximum absolute atomic E-state index is 12.6. The average molecular weight is 441 g/mol. The SMILES string of the molecule is Cc1ccc(C[C@H](NC(=O)OC[C@H]2CCN(C(=O)C(C#N)=CC(C)(C)C)C2)B(O)O)cc1. The van der Waals surface area contributed by atoms with E-state index in [0.717, 1.165) is 11.1 Å². The molecule has 0 saturated carbocycles. The Morgan fingerprint density at radius 1 is 1.34 bits per heavy atom. The number of nitriles is 1. The van der Waals surface area contributed by atoms with Crippen LogP contribution in [0.1, 0.15) is 38.3 Å². The van der Waals surface area contributed by atoms with E-state index in [1.165, 1.54) is 0 Å². The van der Waals surface area contributed by atoms with Gasteiger partial charge in [-0.25, -0.2) is 4.79 Å². The molecule has 0 spiro atoms. The first-order valence-corrected chi connectivity index (χ1v) is 10.8. The van der Waals surface area contributed by atoms with E-state index >= 15 is 0 Å². The van der Waals surface area contributed by atoms with Crippen molar-refractivity contribution in [2.24, 2.45) is 11.3 Å². The molecule has 0 radical (unpaired) electrons. The van der Waals surface area contributed by atoms with Crippen molar-refractivity contribution in [3.05, 3.63) is 47.0 Å². The highest BCUT2D eigenvalue weighted by atomic mass is 16.5. The van der Waals surface area contributed by atoms with Gasteiger partial charge in [0.25, 0.3) is 5.91 Å². The van der Waals surface area contributed by atoms with Gasteiger partial charge in [-0.05, 0) is 30.7 Å². The first kappa shape index (κ1) is 25.4. The van der Waals surface area contributed by atoms with E-state index in [-0.39, 0.29) is 35.8 Å². The molecule has 0 unspecified atom stereocenters. The fourth-order valence-electron chi connectivity index (χ4n) is 3.49. The topological polar surface area (TPSA) is 123 Å². The van der Waals surface area contributed by atoms with E-state index in [4.69, 9.17) is 4.74 Å². The molecule has 0 bridgehead atoms. The van der Waals surface area contributed by atoms with E-state index in [2.05, 4.69) is 5.32 Å². The first-order valence-electron chi connectivity index (χ1n) is 10.8. The highest BCUT2D eigenvalue weighted by Crippen LogP contribution is 2.22. The maximum atomic E-state index is 12.6. The zero-order chi connectivity index (χ0) is 23.9. The summed E-state index contributed by atoms with van der Waals surface area (Å²) in [5.74, 6) is -1.27. The number of alkyl carbamates (subject to hydrolysis) is 1. The molecule has 1 fully saturated rings. The summed E-state index contributed by atoms with van der Waals surface area (Å²) in [5.41, 5.74) is 1.78. The van der Waals surface area contributed by atoms with Gasteiger partial charge in [-0.2, -0.15) is 5.26 Å². The number of hydrogen-bond acceptors (Lipinski definition) is 6. The van der Waals surface area contributed by atoms with Gasteiger partial charge < -0.3 is 25.0 Å². The third-order valence-corrected chi connectivity index (χ3v) is 5.19. The number of carbonyl (C=O) groups excluding carboxylic acids is 2. The summed E-state index contributed by atoms with van der Waals surface area (Å²) in [6.45, 7) is 8.70. The van der Waals surface area contributed by atoms with Crippen molar-refractivity contribution in [1.29, 1.82) is 5.26 Å². The lowest BCUT2D eigenvalue weighted by molar-refractivity contribution is -0.125. The van der Waals surface area contributed by atoms with Gasteiger partial charge in [0.15, 0.2) is 0 Å². The molecule has 2 amide bonds. The Balaban J connectivity index is 1.85. The Kier molecular flexibility index (Phi) is 8.87. The molecule has 2 atom stereocenters. The molecular formula is C23H32BN3O5. The smallest absolute Gasteiger partial charge is 0.449 e. The van der Waals surface area contributed by atoms with Crippen molar-refractivity contribution in [1.82, 2.24) is 10.2 Å². The van der Waals surface area contributed by atoms with Gasteiger partial charge in [-0.15, -0.1) is 0 Å². The summed E-state index contributed by atoms with van der Waals surface area (Å²) in [5, 5.41) is 31.1. The molecule has 1 saturated heterocycles. The third-order valence-electron chi connectivity index (χ3n) is 5.19. The number of ether oxygens (including phenoxy) is 1. The van der Waals surface area contributed by atoms with Gasteiger partial charge in [0, 0.05) is 19.0 Å². The number of benzene rings is 1. The summed E-state index contributed by atoms with van der Waals surface area (Å²) in [7, 11) is -1.73. The van der Waals surface area contributed by atoms with Gasteiger partial charge in [-0.1, -0.05) is 56.7 Å². The molecule has 1 aromatic carbocycles. The maximum Gasteiger partial charge on any atom is 0.475 e. The first-order chi connectivity index (χ1) is 15.0. The van der Waals surface area contributed by atoms with Crippen molar-refractivity contribution < 1.29 is 24.4 Å². The van der Waals surface area contributed by atoms with Crippen LogP contribution in [-0.4, -0.2) is 59.7 Å². The zero-order valence-corrected chi connectivity index (χ0v) is 19.2. The standard InChI is InChI=1S/C23H32BN3O5/c1-16-5-7-17(8-6-16)11-20(24(30)31)26-22(29)32-15-18-9-10-27(14-18)21(28)19(13-25)12-23(2,3)4/h5-8,12,18,20,30-31H,9-11,14-15H2,1-4H3,(H,26,29)/t18-,20-/m0/s1. The van der Waals surface area contributed by atoms with E-state index in [0.29, 0.717) is 19.5 Å². The Labute approximate surface area is 190 Å². The Bertz CT molecular complexity index is 871. The van der Waals surface area contributed by atoms with E-state index in [9.17, 15) is 24.9 Å². The number of likely N-dealkylation sites (tertiary alicyclic amines) is 1. The number of nitrogens with zero attached hydrogens (tertiary/aromatic N) is 2. The molecule has 1 aromatic rings. The molecule has 3 N–H and O–H groups in total. The zero-order valence-electron chi connectivity index (χ0n) is 19.2. The fourth-order valence-corrected chi connectivity index (χ4v) is 3.49. The van der Waals surface area contributed by atoms with Crippen molar-refractivity contribution in [3.8, 4) is 6.07 Å². The third kappa shape index (κ3) is 8.02. The molecule has 1 aliphatic heterocycles. The van der Waals surface area contributed by atoms with Gasteiger partial charge >= 0.3 is 13.2 Å². The normalized spacial score (nSPS) is 17.5. The van der Waals surface area contributed by atoms with E-state index in [1.807, 2.05) is 58.0 Å². The van der Waals surface area contributed by atoms with Crippen LogP contribution in [0.2, 0.25) is 0 Å². The quantitative estimate of drug-likeness (QED) is 0.338. The lowest BCUT2D eigenvalue weighted by atomic mass is 9.76. The summed E-state index contributed by atoms with van der Waals surface area (Å²) in [6.07, 6.45) is 1.82. The minimum atomic E-state index is -1.73. The molecular weight excluding hydrogens is 409 g/mol. The molecule has 172 valence electrons. The number of rotatable bonds is 7. The minimum absolute atomic E-state index is 0.0473. The van der Waals surface area contributed by atoms with Crippen molar-refractivity contribution in [2.45, 2.75) is 46.5 Å². The molecule has 1 aliphatic rings. The summed E-state index contributed by atoms with van der Waals surface area (Å²) < 4.78 is 5.27. The summed E-state index contributed by atoms with van der Waals surface area (Å²) in [4.78, 5) is 26.4. The van der Waals surface area contributed by atoms with Crippen LogP contribution in [0.4, 0.5) is 4.79 Å². The Morgan fingerprint density at radius 2 is 2.00 bits per heavy atom.